The minimum absolute atomic E-state index is 0.000629. The highest BCUT2D eigenvalue weighted by Crippen LogP contribution is 2.58. The number of Topliss-reactive ketones (excluding diaryl/α,β-unsaturated/α-hetero) is 1. The Morgan fingerprint density at radius 1 is 1.00 bits per heavy atom. The number of carbonyl (C=O) groups excluding carboxylic acids is 1. The molecular weight excluding hydrogens is 477 g/mol. The summed E-state index contributed by atoms with van der Waals surface area (Å²) in [6, 6.07) is 4.21. The Balaban J connectivity index is 1.69. The van der Waals surface area contributed by atoms with Crippen molar-refractivity contribution in [3.63, 3.8) is 0 Å². The van der Waals surface area contributed by atoms with Crippen LogP contribution in [0.15, 0.2) is 24.3 Å². The maximum atomic E-state index is 13.9. The van der Waals surface area contributed by atoms with Gasteiger partial charge in [0, 0.05) is 34.4 Å². The van der Waals surface area contributed by atoms with Crippen LogP contribution >= 0.6 is 0 Å². The lowest BCUT2D eigenvalue weighted by atomic mass is 9.71. The van der Waals surface area contributed by atoms with Crippen molar-refractivity contribution >= 4 is 5.78 Å². The van der Waals surface area contributed by atoms with Gasteiger partial charge < -0.3 is 4.74 Å². The lowest BCUT2D eigenvalue weighted by Crippen LogP contribution is -2.33. The van der Waals surface area contributed by atoms with Gasteiger partial charge in [0.05, 0.1) is 11.3 Å². The van der Waals surface area contributed by atoms with E-state index in [-0.39, 0.29) is 17.1 Å². The number of ether oxygens (including phenoxy) is 1. The van der Waals surface area contributed by atoms with Crippen molar-refractivity contribution in [1.82, 2.24) is 4.98 Å². The number of benzene rings is 1. The number of carbonyl (C=O) groups is 1. The molecule has 1 aromatic heterocycles. The molecule has 3 nitrogen and oxygen atoms in total. The van der Waals surface area contributed by atoms with Gasteiger partial charge in [-0.3, -0.25) is 9.78 Å². The number of fused-ring (bicyclic) bond motifs is 4. The molecule has 3 aliphatic rings. The number of pyridine rings is 1. The van der Waals surface area contributed by atoms with E-state index in [0.29, 0.717) is 24.0 Å². The van der Waals surface area contributed by atoms with E-state index in [1.54, 1.807) is 0 Å². The Kier molecular flexibility index (Phi) is 5.67. The molecule has 2 heterocycles. The third kappa shape index (κ3) is 3.78. The van der Waals surface area contributed by atoms with Crippen molar-refractivity contribution in [2.24, 2.45) is 5.41 Å². The van der Waals surface area contributed by atoms with Gasteiger partial charge in [0.25, 0.3) is 0 Å². The van der Waals surface area contributed by atoms with Gasteiger partial charge in [0.15, 0.2) is 5.78 Å². The van der Waals surface area contributed by atoms with Crippen LogP contribution in [0.25, 0.3) is 0 Å². The van der Waals surface area contributed by atoms with Gasteiger partial charge in [-0.05, 0) is 36.2 Å². The van der Waals surface area contributed by atoms with Crippen LogP contribution in [0.1, 0.15) is 116 Å². The first kappa shape index (κ1) is 25.3. The third-order valence-electron chi connectivity index (χ3n) is 7.85. The van der Waals surface area contributed by atoms with Gasteiger partial charge in [-0.2, -0.15) is 22.0 Å². The number of aromatic nitrogens is 1. The molecule has 1 atom stereocenters. The van der Waals surface area contributed by atoms with Gasteiger partial charge in [-0.1, -0.05) is 64.8 Å². The maximum absolute atomic E-state index is 13.9. The molecule has 0 radical (unpaired) electrons. The van der Waals surface area contributed by atoms with Crippen molar-refractivity contribution < 1.29 is 31.5 Å². The minimum atomic E-state index is -5.68. The summed E-state index contributed by atoms with van der Waals surface area (Å²) in [4.78, 5) is 18.5. The molecule has 1 saturated carbocycles. The predicted octanol–water partition coefficient (Wildman–Crippen LogP) is 7.90. The summed E-state index contributed by atoms with van der Waals surface area (Å²) in [5.41, 5.74) is 2.37. The zero-order chi connectivity index (χ0) is 26.3. The Labute approximate surface area is 207 Å². The summed E-state index contributed by atoms with van der Waals surface area (Å²) in [6.07, 6.45) is -1.99. The molecule has 8 heteroatoms. The van der Waals surface area contributed by atoms with E-state index in [1.807, 2.05) is 13.8 Å². The molecule has 2 aliphatic carbocycles. The number of rotatable bonds is 3. The smallest absolute Gasteiger partial charge is 0.358 e. The highest BCUT2D eigenvalue weighted by atomic mass is 19.4. The van der Waals surface area contributed by atoms with Crippen LogP contribution in [-0.2, 0) is 22.7 Å². The first-order chi connectivity index (χ1) is 16.7. The number of hydrogen-bond acceptors (Lipinski definition) is 3. The van der Waals surface area contributed by atoms with Crippen LogP contribution in [0.2, 0.25) is 0 Å². The molecular formula is C28H30F5NO2. The highest BCUT2D eigenvalue weighted by Gasteiger charge is 2.59. The Morgan fingerprint density at radius 2 is 1.61 bits per heavy atom. The largest absolute Gasteiger partial charge is 0.458 e. The molecule has 5 rings (SSSR count). The van der Waals surface area contributed by atoms with Gasteiger partial charge in [0.2, 0.25) is 0 Å². The number of ketones is 1. The summed E-state index contributed by atoms with van der Waals surface area (Å²) in [5.74, 6) is -4.91. The first-order valence-corrected chi connectivity index (χ1v) is 12.5. The van der Waals surface area contributed by atoms with Crippen LogP contribution in [0, 0.1) is 5.41 Å². The Hall–Kier alpha value is -2.35. The molecule has 0 amide bonds. The van der Waals surface area contributed by atoms with E-state index >= 15 is 0 Å². The fourth-order valence-corrected chi connectivity index (χ4v) is 6.24. The lowest BCUT2D eigenvalue weighted by molar-refractivity contribution is -0.289. The molecule has 194 valence electrons. The highest BCUT2D eigenvalue weighted by molar-refractivity contribution is 6.01. The predicted molar refractivity (Wildman–Crippen MR) is 124 cm³/mol. The van der Waals surface area contributed by atoms with Gasteiger partial charge in [-0.25, -0.2) is 0 Å². The van der Waals surface area contributed by atoms with E-state index in [9.17, 15) is 26.7 Å². The molecule has 1 aliphatic heterocycles. The maximum Gasteiger partial charge on any atom is 0.458 e. The fraction of sp³-hybridized carbons (Fsp3) is 0.571. The van der Waals surface area contributed by atoms with Crippen molar-refractivity contribution in [2.45, 2.75) is 95.9 Å². The number of hydrogen-bond donors (Lipinski definition) is 0. The monoisotopic (exact) mass is 507 g/mol. The lowest BCUT2D eigenvalue weighted by Gasteiger charge is -2.34. The van der Waals surface area contributed by atoms with Crippen LogP contribution < -0.4 is 0 Å². The van der Waals surface area contributed by atoms with Gasteiger partial charge >= 0.3 is 12.1 Å². The van der Waals surface area contributed by atoms with E-state index in [1.165, 1.54) is 12.1 Å². The second-order valence-electron chi connectivity index (χ2n) is 11.6. The van der Waals surface area contributed by atoms with Gasteiger partial charge in [0.1, 0.15) is 6.10 Å². The third-order valence-corrected chi connectivity index (χ3v) is 7.85. The topological polar surface area (TPSA) is 39.2 Å². The molecule has 1 aromatic carbocycles. The van der Waals surface area contributed by atoms with Crippen LogP contribution in [0.4, 0.5) is 22.0 Å². The van der Waals surface area contributed by atoms with E-state index in [0.717, 1.165) is 60.3 Å². The summed E-state index contributed by atoms with van der Waals surface area (Å²) < 4.78 is 73.2. The summed E-state index contributed by atoms with van der Waals surface area (Å²) >= 11 is 0. The number of nitrogens with zero attached hydrogens (tertiary/aromatic N) is 1. The molecule has 0 N–H and O–H groups in total. The van der Waals surface area contributed by atoms with Crippen LogP contribution in [-0.4, -0.2) is 16.9 Å². The SMILES string of the molecule is CC(C)c1nc2c(c3c1[C@@H](c1ccc(C(F)(F)C(F)(F)F)cc1)OC31CCCC1)C(=O)CC(C)(C)C2. The number of alkyl halides is 5. The molecule has 2 aromatic rings. The van der Waals surface area contributed by atoms with E-state index in [2.05, 4.69) is 13.8 Å². The molecule has 0 bridgehead atoms. The van der Waals surface area contributed by atoms with Crippen molar-refractivity contribution in [3.8, 4) is 0 Å². The summed E-state index contributed by atoms with van der Waals surface area (Å²) in [5, 5.41) is 0. The van der Waals surface area contributed by atoms with Crippen LogP contribution in [0.3, 0.4) is 0 Å². The average molecular weight is 508 g/mol. The second-order valence-corrected chi connectivity index (χ2v) is 11.6. The molecule has 36 heavy (non-hydrogen) atoms. The van der Waals surface area contributed by atoms with Crippen molar-refractivity contribution in [2.75, 3.05) is 0 Å². The quantitative estimate of drug-likeness (QED) is 0.397. The minimum Gasteiger partial charge on any atom is -0.358 e. The molecule has 0 unspecified atom stereocenters. The van der Waals surface area contributed by atoms with E-state index in [4.69, 9.17) is 9.72 Å². The zero-order valence-corrected chi connectivity index (χ0v) is 20.9. The normalized spacial score (nSPS) is 22.8. The molecule has 1 spiro atoms. The Bertz CT molecular complexity index is 1210. The van der Waals surface area contributed by atoms with Crippen LogP contribution in [0.5, 0.6) is 0 Å². The zero-order valence-electron chi connectivity index (χ0n) is 20.9. The average Bonchev–Trinajstić information content (AvgIpc) is 3.37. The fourth-order valence-electron chi connectivity index (χ4n) is 6.24. The Morgan fingerprint density at radius 3 is 2.17 bits per heavy atom. The molecule has 1 fully saturated rings. The molecule has 0 saturated heterocycles. The summed E-state index contributed by atoms with van der Waals surface area (Å²) in [6.45, 7) is 8.13. The van der Waals surface area contributed by atoms with Crippen molar-refractivity contribution in [3.05, 3.63) is 63.5 Å². The standard InChI is InChI=1S/C28H30F5NO2/c1-15(2)23-21-22(20-18(34-23)13-25(3,4)14-19(20)35)26(11-5-6-12-26)36-24(21)16-7-9-17(10-8-16)27(29,30)28(31,32)33/h7-10,15,24H,5-6,11-14H2,1-4H3/t24-/m1/s1. The first-order valence-electron chi connectivity index (χ1n) is 12.5. The second kappa shape index (κ2) is 8.07. The van der Waals surface area contributed by atoms with Crippen molar-refractivity contribution in [1.29, 1.82) is 0 Å². The summed E-state index contributed by atoms with van der Waals surface area (Å²) in [7, 11) is 0. The number of halogens is 5. The van der Waals surface area contributed by atoms with E-state index < -0.39 is 29.4 Å². The van der Waals surface area contributed by atoms with Gasteiger partial charge in [-0.15, -0.1) is 0 Å².